The van der Waals surface area contributed by atoms with Crippen LogP contribution in [0, 0.1) is 6.92 Å². The van der Waals surface area contributed by atoms with Crippen LogP contribution in [0.3, 0.4) is 0 Å². The molecule has 2 aromatic rings. The number of aromatic nitrogens is 3. The van der Waals surface area contributed by atoms with Crippen molar-refractivity contribution in [3.05, 3.63) is 47.3 Å². The molecule has 0 atom stereocenters. The normalized spacial score (nSPS) is 15.3. The lowest BCUT2D eigenvalue weighted by molar-refractivity contribution is 0.265. The van der Waals surface area contributed by atoms with Crippen LogP contribution in [0.25, 0.3) is 0 Å². The summed E-state index contributed by atoms with van der Waals surface area (Å²) in [5.74, 6) is 2.54. The van der Waals surface area contributed by atoms with Crippen molar-refractivity contribution in [2.75, 3.05) is 5.75 Å². The first kappa shape index (κ1) is 18.3. The van der Waals surface area contributed by atoms with Gasteiger partial charge in [0.1, 0.15) is 12.4 Å². The number of aryl methyl sites for hydroxylation is 1. The molecule has 1 aromatic heterocycles. The molecule has 1 fully saturated rings. The highest BCUT2D eigenvalue weighted by Crippen LogP contribution is 2.33. The van der Waals surface area contributed by atoms with Crippen LogP contribution in [0.5, 0.6) is 5.75 Å². The maximum absolute atomic E-state index is 6.08. The van der Waals surface area contributed by atoms with Crippen molar-refractivity contribution in [1.29, 1.82) is 0 Å². The van der Waals surface area contributed by atoms with E-state index in [1.54, 1.807) is 11.8 Å². The van der Waals surface area contributed by atoms with Gasteiger partial charge in [-0.2, -0.15) is 0 Å². The van der Waals surface area contributed by atoms with Gasteiger partial charge in [-0.3, -0.25) is 0 Å². The molecule has 0 bridgehead atoms. The van der Waals surface area contributed by atoms with Gasteiger partial charge in [-0.05, 0) is 43.5 Å². The molecule has 0 unspecified atom stereocenters. The number of benzene rings is 1. The quantitative estimate of drug-likeness (QED) is 0.465. The molecular formula is C19H24ClN3OS. The molecule has 0 radical (unpaired) electrons. The second-order valence-electron chi connectivity index (χ2n) is 6.36. The summed E-state index contributed by atoms with van der Waals surface area (Å²) in [6.45, 7) is 6.19. The first-order valence-corrected chi connectivity index (χ1v) is 10.1. The minimum atomic E-state index is 0.416. The zero-order chi connectivity index (χ0) is 17.6. The molecule has 6 heteroatoms. The fourth-order valence-electron chi connectivity index (χ4n) is 3.20. The second-order valence-corrected chi connectivity index (χ2v) is 7.75. The lowest BCUT2D eigenvalue weighted by Gasteiger charge is -2.25. The number of rotatable bonds is 7. The van der Waals surface area contributed by atoms with Crippen LogP contribution in [0.15, 0.2) is 36.0 Å². The Kier molecular flexibility index (Phi) is 6.43. The summed E-state index contributed by atoms with van der Waals surface area (Å²) in [5, 5.41) is 10.5. The summed E-state index contributed by atoms with van der Waals surface area (Å²) in [7, 11) is 0. The van der Waals surface area contributed by atoms with Gasteiger partial charge in [0.25, 0.3) is 0 Å². The molecule has 1 aliphatic rings. The van der Waals surface area contributed by atoms with Crippen LogP contribution < -0.4 is 4.74 Å². The molecule has 0 amide bonds. The maximum Gasteiger partial charge on any atom is 0.191 e. The summed E-state index contributed by atoms with van der Waals surface area (Å²) >= 11 is 7.77. The van der Waals surface area contributed by atoms with Crippen LogP contribution in [0.2, 0.25) is 5.02 Å². The molecule has 0 saturated heterocycles. The Morgan fingerprint density at radius 1 is 1.32 bits per heavy atom. The molecule has 0 spiro atoms. The second kappa shape index (κ2) is 8.77. The van der Waals surface area contributed by atoms with Crippen LogP contribution in [-0.4, -0.2) is 20.5 Å². The average Bonchev–Trinajstić information content (AvgIpc) is 3.04. The highest BCUT2D eigenvalue weighted by Gasteiger charge is 2.23. The van der Waals surface area contributed by atoms with Crippen molar-refractivity contribution in [2.24, 2.45) is 0 Å². The maximum atomic E-state index is 6.08. The Morgan fingerprint density at radius 3 is 2.84 bits per heavy atom. The van der Waals surface area contributed by atoms with Crippen molar-refractivity contribution in [3.8, 4) is 5.75 Å². The van der Waals surface area contributed by atoms with E-state index in [2.05, 4.69) is 21.3 Å². The third kappa shape index (κ3) is 4.59. The van der Waals surface area contributed by atoms with E-state index in [4.69, 9.17) is 16.3 Å². The number of thioether (sulfide) groups is 1. The van der Waals surface area contributed by atoms with E-state index in [1.165, 1.54) is 32.1 Å². The van der Waals surface area contributed by atoms with Gasteiger partial charge >= 0.3 is 0 Å². The van der Waals surface area contributed by atoms with Crippen molar-refractivity contribution < 1.29 is 4.74 Å². The fraction of sp³-hybridized carbons (Fsp3) is 0.474. The first-order chi connectivity index (χ1) is 12.2. The Balaban J connectivity index is 1.78. The van der Waals surface area contributed by atoms with E-state index in [0.717, 1.165) is 33.1 Å². The Bertz CT molecular complexity index is 725. The largest absolute Gasteiger partial charge is 0.486 e. The molecular weight excluding hydrogens is 354 g/mol. The third-order valence-corrected chi connectivity index (χ3v) is 5.87. The summed E-state index contributed by atoms with van der Waals surface area (Å²) in [4.78, 5) is 0. The van der Waals surface area contributed by atoms with Gasteiger partial charge in [0.05, 0.1) is 0 Å². The third-order valence-electron chi connectivity index (χ3n) is 4.50. The first-order valence-electron chi connectivity index (χ1n) is 8.75. The zero-order valence-corrected chi connectivity index (χ0v) is 16.2. The standard InChI is InChI=1S/C19H24ClN3OS/c1-3-11-25-19-22-21-18(23(19)15-7-5-4-6-8-15)13-24-16-9-10-17(20)14(2)12-16/h3,9-10,12,15H,1,4-8,11,13H2,2H3. The topological polar surface area (TPSA) is 39.9 Å². The minimum absolute atomic E-state index is 0.416. The van der Waals surface area contributed by atoms with Gasteiger partial charge in [-0.25, -0.2) is 0 Å². The smallest absolute Gasteiger partial charge is 0.191 e. The van der Waals surface area contributed by atoms with Crippen LogP contribution in [-0.2, 0) is 6.61 Å². The lowest BCUT2D eigenvalue weighted by atomic mass is 9.95. The predicted octanol–water partition coefficient (Wildman–Crippen LogP) is 5.60. The molecule has 1 heterocycles. The summed E-state index contributed by atoms with van der Waals surface area (Å²) < 4.78 is 8.25. The molecule has 1 aliphatic carbocycles. The van der Waals surface area contributed by atoms with E-state index in [9.17, 15) is 0 Å². The van der Waals surface area contributed by atoms with Crippen molar-refractivity contribution >= 4 is 23.4 Å². The monoisotopic (exact) mass is 377 g/mol. The molecule has 4 nitrogen and oxygen atoms in total. The molecule has 1 saturated carbocycles. The van der Waals surface area contributed by atoms with Gasteiger partial charge in [0, 0.05) is 16.8 Å². The average molecular weight is 378 g/mol. The van der Waals surface area contributed by atoms with E-state index >= 15 is 0 Å². The fourth-order valence-corrected chi connectivity index (χ4v) is 4.08. The van der Waals surface area contributed by atoms with Gasteiger partial charge < -0.3 is 9.30 Å². The van der Waals surface area contributed by atoms with E-state index < -0.39 is 0 Å². The summed E-state index contributed by atoms with van der Waals surface area (Å²) in [6, 6.07) is 6.19. The number of hydrogen-bond acceptors (Lipinski definition) is 4. The van der Waals surface area contributed by atoms with Crippen molar-refractivity contribution in [1.82, 2.24) is 14.8 Å². The Labute approximate surface area is 158 Å². The van der Waals surface area contributed by atoms with Gasteiger partial charge in [0.2, 0.25) is 0 Å². The minimum Gasteiger partial charge on any atom is -0.486 e. The number of hydrogen-bond donors (Lipinski definition) is 0. The number of nitrogens with zero attached hydrogens (tertiary/aromatic N) is 3. The van der Waals surface area contributed by atoms with E-state index in [1.807, 2.05) is 31.2 Å². The molecule has 3 rings (SSSR count). The Morgan fingerprint density at radius 2 is 2.12 bits per heavy atom. The SMILES string of the molecule is C=CCSc1nnc(COc2ccc(Cl)c(C)c2)n1C1CCCCC1. The molecule has 1 aromatic carbocycles. The molecule has 0 aliphatic heterocycles. The highest BCUT2D eigenvalue weighted by atomic mass is 35.5. The van der Waals surface area contributed by atoms with E-state index in [0.29, 0.717) is 12.6 Å². The molecule has 0 N–H and O–H groups in total. The summed E-state index contributed by atoms with van der Waals surface area (Å²) in [5.41, 5.74) is 1.01. The molecule has 134 valence electrons. The highest BCUT2D eigenvalue weighted by molar-refractivity contribution is 7.99. The van der Waals surface area contributed by atoms with Crippen molar-refractivity contribution in [2.45, 2.75) is 56.8 Å². The Hall–Kier alpha value is -1.46. The summed E-state index contributed by atoms with van der Waals surface area (Å²) in [6.07, 6.45) is 8.14. The molecule has 25 heavy (non-hydrogen) atoms. The van der Waals surface area contributed by atoms with Gasteiger partial charge in [0.15, 0.2) is 11.0 Å². The van der Waals surface area contributed by atoms with Crippen LogP contribution >= 0.6 is 23.4 Å². The number of ether oxygens (including phenoxy) is 1. The van der Waals surface area contributed by atoms with Gasteiger partial charge in [-0.15, -0.1) is 16.8 Å². The van der Waals surface area contributed by atoms with Crippen molar-refractivity contribution in [3.63, 3.8) is 0 Å². The van der Waals surface area contributed by atoms with Gasteiger partial charge in [-0.1, -0.05) is 48.7 Å². The zero-order valence-electron chi connectivity index (χ0n) is 14.6. The van der Waals surface area contributed by atoms with E-state index in [-0.39, 0.29) is 0 Å². The predicted molar refractivity (Wildman–Crippen MR) is 104 cm³/mol. The number of halogens is 1. The van der Waals surface area contributed by atoms with Crippen LogP contribution in [0.4, 0.5) is 0 Å². The lowest BCUT2D eigenvalue weighted by Crippen LogP contribution is -2.17. The van der Waals surface area contributed by atoms with Crippen LogP contribution in [0.1, 0.15) is 49.5 Å².